The lowest BCUT2D eigenvalue weighted by Gasteiger charge is -2.23. The number of amides is 3. The van der Waals surface area contributed by atoms with Gasteiger partial charge in [-0.05, 0) is 41.0 Å². The molecule has 5 nitrogen and oxygen atoms in total. The number of imide groups is 1. The summed E-state index contributed by atoms with van der Waals surface area (Å²) >= 11 is 0. The lowest BCUT2D eigenvalue weighted by atomic mass is 9.91. The average molecular weight is 360 g/mol. The van der Waals surface area contributed by atoms with Crippen LogP contribution in [-0.4, -0.2) is 23.9 Å². The molecule has 1 fully saturated rings. The van der Waals surface area contributed by atoms with Crippen molar-refractivity contribution in [2.24, 2.45) is 0 Å². The Labute approximate surface area is 157 Å². The van der Waals surface area contributed by atoms with E-state index >= 15 is 0 Å². The van der Waals surface area contributed by atoms with E-state index in [9.17, 15) is 9.59 Å². The molecule has 4 rings (SSSR count). The molecule has 1 aliphatic rings. The number of hydrogen-bond acceptors (Lipinski definition) is 3. The zero-order valence-electron chi connectivity index (χ0n) is 15.2. The second-order valence-corrected chi connectivity index (χ2v) is 6.82. The molecule has 3 aromatic carbocycles. The number of carbonyl (C=O) groups is 2. The number of hydrogen-bond donors (Lipinski definition) is 1. The van der Waals surface area contributed by atoms with Gasteiger partial charge in [0, 0.05) is 0 Å². The molecule has 5 heteroatoms. The van der Waals surface area contributed by atoms with Crippen LogP contribution in [0.15, 0.2) is 66.7 Å². The van der Waals surface area contributed by atoms with Gasteiger partial charge in [-0.3, -0.25) is 9.69 Å². The van der Waals surface area contributed by atoms with E-state index in [-0.39, 0.29) is 12.5 Å². The quantitative estimate of drug-likeness (QED) is 0.720. The van der Waals surface area contributed by atoms with Crippen molar-refractivity contribution in [3.05, 3.63) is 77.9 Å². The molecular formula is C22H20N2O3. The van der Waals surface area contributed by atoms with E-state index in [1.807, 2.05) is 60.7 Å². The van der Waals surface area contributed by atoms with Gasteiger partial charge in [0.1, 0.15) is 11.3 Å². The molecule has 136 valence electrons. The van der Waals surface area contributed by atoms with Crippen LogP contribution in [0.4, 0.5) is 4.79 Å². The molecule has 3 aromatic rings. The van der Waals surface area contributed by atoms with Gasteiger partial charge >= 0.3 is 6.03 Å². The van der Waals surface area contributed by atoms with Gasteiger partial charge in [0.15, 0.2) is 0 Å². The second-order valence-electron chi connectivity index (χ2n) is 6.82. The first-order valence-corrected chi connectivity index (χ1v) is 8.78. The summed E-state index contributed by atoms with van der Waals surface area (Å²) in [6, 6.07) is 20.7. The third-order valence-electron chi connectivity index (χ3n) is 5.13. The Morgan fingerprint density at radius 3 is 2.56 bits per heavy atom. The minimum atomic E-state index is -1.11. The fourth-order valence-corrected chi connectivity index (χ4v) is 3.57. The summed E-state index contributed by atoms with van der Waals surface area (Å²) in [5.41, 5.74) is 0.517. The SMILES string of the molecule is COc1cccc([C@]2(C)NC(=O)N(Cc3cccc4ccccc34)C2=O)c1. The van der Waals surface area contributed by atoms with Crippen molar-refractivity contribution in [3.63, 3.8) is 0 Å². The Morgan fingerprint density at radius 1 is 1.00 bits per heavy atom. The third kappa shape index (κ3) is 2.81. The summed E-state index contributed by atoms with van der Waals surface area (Å²) in [7, 11) is 1.57. The van der Waals surface area contributed by atoms with Crippen LogP contribution >= 0.6 is 0 Å². The molecule has 0 bridgehead atoms. The first-order chi connectivity index (χ1) is 13.0. The molecule has 1 heterocycles. The molecule has 0 radical (unpaired) electrons. The number of benzene rings is 3. The van der Waals surface area contributed by atoms with E-state index in [0.717, 1.165) is 16.3 Å². The number of ether oxygens (including phenoxy) is 1. The molecule has 1 aliphatic heterocycles. The molecule has 0 aliphatic carbocycles. The predicted octanol–water partition coefficient (Wildman–Crippen LogP) is 3.82. The second kappa shape index (κ2) is 6.43. The summed E-state index contributed by atoms with van der Waals surface area (Å²) in [6.07, 6.45) is 0. The lowest BCUT2D eigenvalue weighted by Crippen LogP contribution is -2.40. The molecule has 0 aromatic heterocycles. The van der Waals surface area contributed by atoms with Crippen molar-refractivity contribution in [3.8, 4) is 5.75 Å². The minimum absolute atomic E-state index is 0.228. The number of carbonyl (C=O) groups excluding carboxylic acids is 2. The maximum Gasteiger partial charge on any atom is 0.325 e. The van der Waals surface area contributed by atoms with Crippen LogP contribution in [0.1, 0.15) is 18.1 Å². The highest BCUT2D eigenvalue weighted by atomic mass is 16.5. The van der Waals surface area contributed by atoms with E-state index in [2.05, 4.69) is 5.32 Å². The number of nitrogens with zero attached hydrogens (tertiary/aromatic N) is 1. The minimum Gasteiger partial charge on any atom is -0.497 e. The molecule has 1 atom stereocenters. The number of urea groups is 1. The summed E-state index contributed by atoms with van der Waals surface area (Å²) in [5, 5.41) is 4.97. The van der Waals surface area contributed by atoms with Crippen LogP contribution in [0.25, 0.3) is 10.8 Å². The Bertz CT molecular complexity index is 1040. The van der Waals surface area contributed by atoms with Crippen LogP contribution in [0.5, 0.6) is 5.75 Å². The highest BCUT2D eigenvalue weighted by Crippen LogP contribution is 2.32. The van der Waals surface area contributed by atoms with Gasteiger partial charge in [-0.2, -0.15) is 0 Å². The topological polar surface area (TPSA) is 58.6 Å². The zero-order valence-corrected chi connectivity index (χ0v) is 15.2. The monoisotopic (exact) mass is 360 g/mol. The van der Waals surface area contributed by atoms with Crippen molar-refractivity contribution in [2.75, 3.05) is 7.11 Å². The van der Waals surface area contributed by atoms with Crippen molar-refractivity contribution < 1.29 is 14.3 Å². The number of methoxy groups -OCH3 is 1. The molecule has 0 saturated carbocycles. The Balaban J connectivity index is 1.68. The van der Waals surface area contributed by atoms with Gasteiger partial charge in [0.25, 0.3) is 5.91 Å². The van der Waals surface area contributed by atoms with E-state index in [0.29, 0.717) is 11.3 Å². The maximum atomic E-state index is 13.2. The first kappa shape index (κ1) is 17.1. The normalized spacial score (nSPS) is 19.4. The molecule has 1 N–H and O–H groups in total. The van der Waals surface area contributed by atoms with E-state index < -0.39 is 11.6 Å². The lowest BCUT2D eigenvalue weighted by molar-refractivity contribution is -0.131. The zero-order chi connectivity index (χ0) is 19.0. The van der Waals surface area contributed by atoms with E-state index in [4.69, 9.17) is 4.74 Å². The highest BCUT2D eigenvalue weighted by molar-refractivity contribution is 6.07. The molecule has 0 unspecified atom stereocenters. The van der Waals surface area contributed by atoms with Crippen molar-refractivity contribution >= 4 is 22.7 Å². The Kier molecular flexibility index (Phi) is 4.07. The molecule has 1 saturated heterocycles. The van der Waals surface area contributed by atoms with Crippen LogP contribution < -0.4 is 10.1 Å². The molecule has 0 spiro atoms. The third-order valence-corrected chi connectivity index (χ3v) is 5.13. The van der Waals surface area contributed by atoms with Crippen LogP contribution in [0.2, 0.25) is 0 Å². The summed E-state index contributed by atoms with van der Waals surface area (Å²) in [5.74, 6) is 0.372. The molecule has 27 heavy (non-hydrogen) atoms. The largest absolute Gasteiger partial charge is 0.497 e. The Hall–Kier alpha value is -3.34. The van der Waals surface area contributed by atoms with Gasteiger partial charge in [-0.25, -0.2) is 4.79 Å². The van der Waals surface area contributed by atoms with Gasteiger partial charge < -0.3 is 10.1 Å². The van der Waals surface area contributed by atoms with Crippen LogP contribution in [0, 0.1) is 0 Å². The van der Waals surface area contributed by atoms with Gasteiger partial charge in [0.05, 0.1) is 13.7 Å². The van der Waals surface area contributed by atoms with Crippen molar-refractivity contribution in [1.82, 2.24) is 10.2 Å². The summed E-state index contributed by atoms with van der Waals surface area (Å²) in [4.78, 5) is 27.1. The van der Waals surface area contributed by atoms with Crippen molar-refractivity contribution in [2.45, 2.75) is 19.0 Å². The highest BCUT2D eigenvalue weighted by Gasteiger charge is 2.49. The fraction of sp³-hybridized carbons (Fsp3) is 0.182. The van der Waals surface area contributed by atoms with Gasteiger partial charge in [0.2, 0.25) is 0 Å². The van der Waals surface area contributed by atoms with Crippen LogP contribution in [0.3, 0.4) is 0 Å². The summed E-state index contributed by atoms with van der Waals surface area (Å²) in [6.45, 7) is 1.96. The predicted molar refractivity (Wildman–Crippen MR) is 103 cm³/mol. The summed E-state index contributed by atoms with van der Waals surface area (Å²) < 4.78 is 5.25. The first-order valence-electron chi connectivity index (χ1n) is 8.78. The molecule has 3 amide bonds. The van der Waals surface area contributed by atoms with Crippen LogP contribution in [-0.2, 0) is 16.9 Å². The fourth-order valence-electron chi connectivity index (χ4n) is 3.57. The Morgan fingerprint density at radius 2 is 1.74 bits per heavy atom. The maximum absolute atomic E-state index is 13.2. The standard InChI is InChI=1S/C22H20N2O3/c1-22(17-10-6-11-18(13-17)27-2)20(25)24(21(26)23-22)14-16-9-5-8-15-7-3-4-12-19(15)16/h3-13H,14H2,1-2H3,(H,23,26)/t22-/m0/s1. The number of nitrogens with one attached hydrogen (secondary N) is 1. The van der Waals surface area contributed by atoms with E-state index in [1.54, 1.807) is 20.1 Å². The smallest absolute Gasteiger partial charge is 0.325 e. The molecular weight excluding hydrogens is 340 g/mol. The average Bonchev–Trinajstić information content (AvgIpc) is 2.92. The van der Waals surface area contributed by atoms with Gasteiger partial charge in [-0.15, -0.1) is 0 Å². The number of rotatable bonds is 4. The van der Waals surface area contributed by atoms with E-state index in [1.165, 1.54) is 4.90 Å². The number of fused-ring (bicyclic) bond motifs is 1. The van der Waals surface area contributed by atoms with Gasteiger partial charge in [-0.1, -0.05) is 54.6 Å². The van der Waals surface area contributed by atoms with Crippen molar-refractivity contribution in [1.29, 1.82) is 0 Å².